The molecule has 0 saturated heterocycles. The number of anilines is 1. The van der Waals surface area contributed by atoms with Crippen LogP contribution in [0.2, 0.25) is 0 Å². The largest absolute Gasteiger partial charge is 0.324 e. The van der Waals surface area contributed by atoms with Crippen molar-refractivity contribution in [2.45, 2.75) is 38.1 Å². The van der Waals surface area contributed by atoms with Gasteiger partial charge in [-0.3, -0.25) is 9.80 Å². The minimum Gasteiger partial charge on any atom is -0.324 e. The summed E-state index contributed by atoms with van der Waals surface area (Å²) in [5.41, 5.74) is 4.17. The van der Waals surface area contributed by atoms with Crippen molar-refractivity contribution in [3.8, 4) is 0 Å². The second-order valence-corrected chi connectivity index (χ2v) is 8.30. The van der Waals surface area contributed by atoms with E-state index < -0.39 is 0 Å². The number of carbonyl (C=O) groups excluding carboxylic acids is 1. The van der Waals surface area contributed by atoms with Crippen LogP contribution in [0.3, 0.4) is 0 Å². The molecule has 156 valence electrons. The van der Waals surface area contributed by atoms with Crippen molar-refractivity contribution in [2.75, 3.05) is 11.6 Å². The molecular formula is C24H24N6O. The van der Waals surface area contributed by atoms with E-state index >= 15 is 0 Å². The quantitative estimate of drug-likeness (QED) is 0.591. The maximum absolute atomic E-state index is 12.5. The molecule has 4 heterocycles. The SMILES string of the molecule is C=CC(=O)C1=NN(CC2(n3cc(C)c4cccnc43)CCCC2)c2cncnc2C1=C. The van der Waals surface area contributed by atoms with E-state index in [2.05, 4.69) is 46.9 Å². The Morgan fingerprint density at radius 3 is 2.87 bits per heavy atom. The molecule has 31 heavy (non-hydrogen) atoms. The van der Waals surface area contributed by atoms with Crippen LogP contribution in [0.4, 0.5) is 5.69 Å². The Kier molecular flexibility index (Phi) is 4.54. The standard InChI is InChI=1S/C24H24N6O/c1-4-20(31)22-17(3)21-19(12-25-15-27-21)30(28-22)14-24(9-5-6-10-24)29-13-16(2)18-8-7-11-26-23(18)29/h4,7-8,11-13,15H,1,3,5-6,9-10,14H2,2H3. The van der Waals surface area contributed by atoms with Gasteiger partial charge in [0.05, 0.1) is 18.3 Å². The molecule has 0 radical (unpaired) electrons. The monoisotopic (exact) mass is 412 g/mol. The molecule has 0 atom stereocenters. The normalized spacial score (nSPS) is 17.5. The van der Waals surface area contributed by atoms with Crippen molar-refractivity contribution in [1.29, 1.82) is 0 Å². The van der Waals surface area contributed by atoms with Crippen LogP contribution in [0.25, 0.3) is 16.6 Å². The number of aromatic nitrogens is 4. The number of nitrogens with zero attached hydrogens (tertiary/aromatic N) is 6. The van der Waals surface area contributed by atoms with Crippen LogP contribution < -0.4 is 5.01 Å². The second kappa shape index (κ2) is 7.27. The van der Waals surface area contributed by atoms with Crippen LogP contribution >= 0.6 is 0 Å². The molecule has 0 spiro atoms. The molecule has 1 aliphatic carbocycles. The molecule has 0 N–H and O–H groups in total. The molecule has 0 amide bonds. The lowest BCUT2D eigenvalue weighted by Crippen LogP contribution is -2.43. The number of fused-ring (bicyclic) bond motifs is 2. The van der Waals surface area contributed by atoms with Gasteiger partial charge in [-0.15, -0.1) is 0 Å². The number of rotatable bonds is 5. The van der Waals surface area contributed by atoms with Crippen LogP contribution in [0.15, 0.2) is 61.4 Å². The van der Waals surface area contributed by atoms with Gasteiger partial charge in [0.1, 0.15) is 29.1 Å². The summed E-state index contributed by atoms with van der Waals surface area (Å²) in [4.78, 5) is 25.8. The van der Waals surface area contributed by atoms with E-state index in [1.54, 1.807) is 6.20 Å². The highest BCUT2D eigenvalue weighted by Crippen LogP contribution is 2.42. The number of hydrazone groups is 1. The summed E-state index contributed by atoms with van der Waals surface area (Å²) in [6.07, 6.45) is 12.8. The number of allylic oxidation sites excluding steroid dienone is 2. The Labute approximate surface area is 180 Å². The van der Waals surface area contributed by atoms with Gasteiger partial charge < -0.3 is 4.57 Å². The van der Waals surface area contributed by atoms with Crippen LogP contribution in [0.1, 0.15) is 36.9 Å². The van der Waals surface area contributed by atoms with E-state index in [0.29, 0.717) is 17.8 Å². The smallest absolute Gasteiger partial charge is 0.206 e. The third-order valence-corrected chi connectivity index (χ3v) is 6.43. The highest BCUT2D eigenvalue weighted by atomic mass is 16.1. The molecule has 1 saturated carbocycles. The number of pyridine rings is 1. The van der Waals surface area contributed by atoms with Crippen molar-refractivity contribution in [2.24, 2.45) is 5.10 Å². The van der Waals surface area contributed by atoms with Gasteiger partial charge in [-0.05, 0) is 43.5 Å². The van der Waals surface area contributed by atoms with Gasteiger partial charge in [0.15, 0.2) is 0 Å². The van der Waals surface area contributed by atoms with Gasteiger partial charge in [-0.1, -0.05) is 26.0 Å². The van der Waals surface area contributed by atoms with Crippen LogP contribution in [-0.2, 0) is 10.3 Å². The van der Waals surface area contributed by atoms with Crippen LogP contribution in [0.5, 0.6) is 0 Å². The summed E-state index contributed by atoms with van der Waals surface area (Å²) in [5, 5.41) is 7.75. The van der Waals surface area contributed by atoms with Gasteiger partial charge >= 0.3 is 0 Å². The van der Waals surface area contributed by atoms with Gasteiger partial charge in [-0.25, -0.2) is 15.0 Å². The lowest BCUT2D eigenvalue weighted by atomic mass is 9.95. The predicted molar refractivity (Wildman–Crippen MR) is 122 cm³/mol. The Balaban J connectivity index is 1.64. The van der Waals surface area contributed by atoms with E-state index in [1.165, 1.54) is 18.0 Å². The van der Waals surface area contributed by atoms with Crippen LogP contribution in [0, 0.1) is 6.92 Å². The fourth-order valence-electron chi connectivity index (χ4n) is 4.88. The third kappa shape index (κ3) is 3.00. The maximum Gasteiger partial charge on any atom is 0.206 e. The summed E-state index contributed by atoms with van der Waals surface area (Å²) in [6.45, 7) is 10.4. The summed E-state index contributed by atoms with van der Waals surface area (Å²) in [7, 11) is 0. The molecule has 1 fully saturated rings. The molecule has 2 aliphatic rings. The van der Waals surface area contributed by atoms with E-state index in [0.717, 1.165) is 42.4 Å². The Bertz CT molecular complexity index is 1250. The van der Waals surface area contributed by atoms with Gasteiger partial charge in [0, 0.05) is 23.4 Å². The topological polar surface area (TPSA) is 76.3 Å². The number of ketones is 1. The lowest BCUT2D eigenvalue weighted by molar-refractivity contribution is -0.108. The fraction of sp³-hybridized carbons (Fsp3) is 0.292. The molecular weight excluding hydrogens is 388 g/mol. The molecule has 0 bridgehead atoms. The second-order valence-electron chi connectivity index (χ2n) is 8.30. The predicted octanol–water partition coefficient (Wildman–Crippen LogP) is 4.05. The van der Waals surface area contributed by atoms with Gasteiger partial charge in [-0.2, -0.15) is 5.10 Å². The minimum absolute atomic E-state index is 0.196. The first-order chi connectivity index (χ1) is 15.0. The van der Waals surface area contributed by atoms with Gasteiger partial charge in [0.25, 0.3) is 0 Å². The number of aryl methyl sites for hydroxylation is 1. The molecule has 3 aromatic rings. The Hall–Kier alpha value is -3.61. The molecule has 0 unspecified atom stereocenters. The maximum atomic E-state index is 12.5. The number of hydrogen-bond donors (Lipinski definition) is 0. The number of hydrogen-bond acceptors (Lipinski definition) is 6. The third-order valence-electron chi connectivity index (χ3n) is 6.43. The van der Waals surface area contributed by atoms with Crippen molar-refractivity contribution in [3.05, 3.63) is 67.5 Å². The first-order valence-electron chi connectivity index (χ1n) is 10.5. The zero-order valence-corrected chi connectivity index (χ0v) is 17.6. The molecule has 7 nitrogen and oxygen atoms in total. The zero-order chi connectivity index (χ0) is 21.6. The highest BCUT2D eigenvalue weighted by molar-refractivity contribution is 6.59. The summed E-state index contributed by atoms with van der Waals surface area (Å²) in [6, 6.07) is 4.09. The molecule has 0 aromatic carbocycles. The van der Waals surface area contributed by atoms with Crippen molar-refractivity contribution >= 4 is 33.8 Å². The molecule has 1 aliphatic heterocycles. The summed E-state index contributed by atoms with van der Waals surface area (Å²) < 4.78 is 2.32. The average molecular weight is 412 g/mol. The lowest BCUT2D eigenvalue weighted by Gasteiger charge is -2.37. The molecule has 5 rings (SSSR count). The number of carbonyl (C=O) groups is 1. The van der Waals surface area contributed by atoms with Crippen molar-refractivity contribution < 1.29 is 4.79 Å². The summed E-state index contributed by atoms with van der Waals surface area (Å²) >= 11 is 0. The summed E-state index contributed by atoms with van der Waals surface area (Å²) in [5.74, 6) is -0.261. The average Bonchev–Trinajstić information content (AvgIpc) is 3.41. The Morgan fingerprint density at radius 2 is 2.10 bits per heavy atom. The fourth-order valence-corrected chi connectivity index (χ4v) is 4.88. The van der Waals surface area contributed by atoms with Gasteiger partial charge in [0.2, 0.25) is 5.78 Å². The van der Waals surface area contributed by atoms with Crippen molar-refractivity contribution in [3.63, 3.8) is 0 Å². The highest BCUT2D eigenvalue weighted by Gasteiger charge is 2.41. The van der Waals surface area contributed by atoms with Crippen LogP contribution in [-0.4, -0.2) is 37.6 Å². The van der Waals surface area contributed by atoms with E-state index in [4.69, 9.17) is 10.1 Å². The zero-order valence-electron chi connectivity index (χ0n) is 17.6. The van der Waals surface area contributed by atoms with E-state index in [1.807, 2.05) is 17.3 Å². The van der Waals surface area contributed by atoms with E-state index in [-0.39, 0.29) is 17.0 Å². The first-order valence-corrected chi connectivity index (χ1v) is 10.5. The molecule has 7 heteroatoms. The first kappa shape index (κ1) is 19.4. The van der Waals surface area contributed by atoms with Crippen molar-refractivity contribution in [1.82, 2.24) is 19.5 Å². The minimum atomic E-state index is -0.261. The molecule has 3 aromatic heterocycles. The van der Waals surface area contributed by atoms with E-state index in [9.17, 15) is 4.79 Å². The Morgan fingerprint density at radius 1 is 1.29 bits per heavy atom.